The van der Waals surface area contributed by atoms with Gasteiger partial charge >= 0.3 is 5.97 Å². The van der Waals surface area contributed by atoms with Gasteiger partial charge in [0.1, 0.15) is 12.3 Å². The lowest BCUT2D eigenvalue weighted by molar-refractivity contribution is -0.139. The van der Waals surface area contributed by atoms with Crippen LogP contribution in [0.25, 0.3) is 0 Å². The molecule has 0 aromatic heterocycles. The van der Waals surface area contributed by atoms with E-state index in [4.69, 9.17) is 0 Å². The monoisotopic (exact) mass is 268 g/mol. The number of rotatable bonds is 4. The van der Waals surface area contributed by atoms with E-state index in [0.717, 1.165) is 5.56 Å². The van der Waals surface area contributed by atoms with E-state index in [1.54, 1.807) is 12.1 Å². The van der Waals surface area contributed by atoms with Gasteiger partial charge < -0.3 is 5.11 Å². The van der Waals surface area contributed by atoms with Crippen molar-refractivity contribution in [3.63, 3.8) is 0 Å². The number of carboxylic acids is 1. The summed E-state index contributed by atoms with van der Waals surface area (Å²) in [7, 11) is 0. The van der Waals surface area contributed by atoms with Crippen molar-refractivity contribution in [2.24, 2.45) is 5.92 Å². The number of benzene rings is 1. The van der Waals surface area contributed by atoms with E-state index < -0.39 is 24.2 Å². The second kappa shape index (κ2) is 5.68. The molecule has 1 fully saturated rings. The van der Waals surface area contributed by atoms with Gasteiger partial charge in [-0.2, -0.15) is 0 Å². The Hall–Kier alpha value is -1.45. The molecule has 0 amide bonds. The van der Waals surface area contributed by atoms with Crippen LogP contribution in [-0.2, 0) is 4.79 Å². The van der Waals surface area contributed by atoms with E-state index in [2.05, 4.69) is 0 Å². The van der Waals surface area contributed by atoms with Gasteiger partial charge in [-0.25, -0.2) is 8.78 Å². The largest absolute Gasteiger partial charge is 0.481 e. The van der Waals surface area contributed by atoms with E-state index in [9.17, 15) is 18.7 Å². The van der Waals surface area contributed by atoms with Crippen molar-refractivity contribution < 1.29 is 18.7 Å². The number of alkyl halides is 2. The van der Waals surface area contributed by atoms with Gasteiger partial charge in [-0.15, -0.1) is 0 Å². The van der Waals surface area contributed by atoms with Crippen molar-refractivity contribution >= 4 is 5.97 Å². The van der Waals surface area contributed by atoms with Crippen LogP contribution in [0.2, 0.25) is 0 Å². The van der Waals surface area contributed by atoms with Crippen LogP contribution in [0, 0.1) is 12.8 Å². The SMILES string of the molecule is Cc1ccc(C(C[C@H]2C[C@@H](F)[C@@H](F)C2)C(=O)O)cc1. The molecule has 0 radical (unpaired) electrons. The van der Waals surface area contributed by atoms with Gasteiger partial charge in [-0.3, -0.25) is 4.79 Å². The van der Waals surface area contributed by atoms with Crippen molar-refractivity contribution in [3.8, 4) is 0 Å². The Morgan fingerprint density at radius 3 is 2.26 bits per heavy atom. The molecule has 2 nitrogen and oxygen atoms in total. The Balaban J connectivity index is 2.09. The van der Waals surface area contributed by atoms with E-state index in [0.29, 0.717) is 12.0 Å². The number of halogens is 2. The summed E-state index contributed by atoms with van der Waals surface area (Å²) in [4.78, 5) is 11.3. The number of carboxylic acid groups (broad SMARTS) is 1. The Bertz CT molecular complexity index is 434. The van der Waals surface area contributed by atoms with Gasteiger partial charge in [0, 0.05) is 0 Å². The van der Waals surface area contributed by atoms with Crippen LogP contribution in [0.15, 0.2) is 24.3 Å². The molecule has 0 bridgehead atoms. The predicted octanol–water partition coefficient (Wildman–Crippen LogP) is 3.64. The Morgan fingerprint density at radius 1 is 1.26 bits per heavy atom. The smallest absolute Gasteiger partial charge is 0.310 e. The van der Waals surface area contributed by atoms with Crippen molar-refractivity contribution in [2.75, 3.05) is 0 Å². The number of aliphatic carboxylic acids is 1. The topological polar surface area (TPSA) is 37.3 Å². The lowest BCUT2D eigenvalue weighted by Crippen LogP contribution is -2.15. The minimum absolute atomic E-state index is 0.136. The van der Waals surface area contributed by atoms with Crippen molar-refractivity contribution in [1.82, 2.24) is 0 Å². The van der Waals surface area contributed by atoms with Crippen LogP contribution < -0.4 is 0 Å². The van der Waals surface area contributed by atoms with Crippen LogP contribution in [0.3, 0.4) is 0 Å². The van der Waals surface area contributed by atoms with Gasteiger partial charge in [0.05, 0.1) is 5.92 Å². The number of carbonyl (C=O) groups is 1. The highest BCUT2D eigenvalue weighted by Gasteiger charge is 2.37. The third-order valence-corrected chi connectivity index (χ3v) is 3.86. The van der Waals surface area contributed by atoms with Gasteiger partial charge in [0.15, 0.2) is 0 Å². The summed E-state index contributed by atoms with van der Waals surface area (Å²) >= 11 is 0. The molecule has 104 valence electrons. The fraction of sp³-hybridized carbons (Fsp3) is 0.533. The van der Waals surface area contributed by atoms with Crippen molar-refractivity contribution in [3.05, 3.63) is 35.4 Å². The van der Waals surface area contributed by atoms with Gasteiger partial charge in [0.25, 0.3) is 0 Å². The summed E-state index contributed by atoms with van der Waals surface area (Å²) in [5, 5.41) is 9.30. The highest BCUT2D eigenvalue weighted by atomic mass is 19.2. The highest BCUT2D eigenvalue weighted by molar-refractivity contribution is 5.76. The molecule has 1 aliphatic carbocycles. The van der Waals surface area contributed by atoms with Crippen LogP contribution in [0.1, 0.15) is 36.3 Å². The standard InChI is InChI=1S/C15H18F2O2/c1-9-2-4-11(5-3-9)12(15(18)19)6-10-7-13(16)14(17)8-10/h2-5,10,12-14H,6-8H2,1H3,(H,18,19)/t10-,12?,13+,14-. The van der Waals surface area contributed by atoms with E-state index in [1.165, 1.54) is 0 Å². The van der Waals surface area contributed by atoms with Crippen molar-refractivity contribution in [2.45, 2.75) is 44.4 Å². The minimum atomic E-state index is -1.43. The maximum absolute atomic E-state index is 13.2. The summed E-state index contributed by atoms with van der Waals surface area (Å²) in [6.45, 7) is 1.93. The van der Waals surface area contributed by atoms with Crippen LogP contribution in [0.4, 0.5) is 8.78 Å². The molecular weight excluding hydrogens is 250 g/mol. The zero-order valence-electron chi connectivity index (χ0n) is 10.9. The normalized spacial score (nSPS) is 28.3. The summed E-state index contributed by atoms with van der Waals surface area (Å²) in [6.07, 6.45) is -2.29. The van der Waals surface area contributed by atoms with Crippen LogP contribution >= 0.6 is 0 Å². The number of hydrogen-bond donors (Lipinski definition) is 1. The Morgan fingerprint density at radius 2 is 1.79 bits per heavy atom. The molecule has 0 spiro atoms. The molecule has 1 unspecified atom stereocenters. The average molecular weight is 268 g/mol. The molecular formula is C15H18F2O2. The quantitative estimate of drug-likeness (QED) is 0.905. The van der Waals surface area contributed by atoms with Crippen LogP contribution in [0.5, 0.6) is 0 Å². The summed E-state index contributed by atoms with van der Waals surface area (Å²) < 4.78 is 26.3. The summed E-state index contributed by atoms with van der Waals surface area (Å²) in [6, 6.07) is 7.28. The average Bonchev–Trinajstić information content (AvgIpc) is 2.67. The second-order valence-corrected chi connectivity index (χ2v) is 5.41. The Labute approximate surface area is 111 Å². The third-order valence-electron chi connectivity index (χ3n) is 3.86. The molecule has 4 atom stereocenters. The van der Waals surface area contributed by atoms with Gasteiger partial charge in [-0.1, -0.05) is 29.8 Å². The Kier molecular flexibility index (Phi) is 4.17. The predicted molar refractivity (Wildman–Crippen MR) is 68.7 cm³/mol. The first-order valence-electron chi connectivity index (χ1n) is 6.55. The van der Waals surface area contributed by atoms with E-state index >= 15 is 0 Å². The first-order chi connectivity index (χ1) is 8.97. The molecule has 2 rings (SSSR count). The third kappa shape index (κ3) is 3.31. The molecule has 1 aromatic rings. The molecule has 1 N–H and O–H groups in total. The number of hydrogen-bond acceptors (Lipinski definition) is 1. The zero-order chi connectivity index (χ0) is 14.0. The first-order valence-corrected chi connectivity index (χ1v) is 6.55. The van der Waals surface area contributed by atoms with Crippen molar-refractivity contribution in [1.29, 1.82) is 0 Å². The van der Waals surface area contributed by atoms with Crippen LogP contribution in [-0.4, -0.2) is 23.4 Å². The molecule has 19 heavy (non-hydrogen) atoms. The molecule has 1 aliphatic rings. The fourth-order valence-corrected chi connectivity index (χ4v) is 2.73. The summed E-state index contributed by atoms with van der Waals surface area (Å²) in [5.41, 5.74) is 1.76. The minimum Gasteiger partial charge on any atom is -0.481 e. The number of aryl methyl sites for hydroxylation is 1. The summed E-state index contributed by atoms with van der Waals surface area (Å²) in [5.74, 6) is -1.79. The molecule has 0 saturated heterocycles. The molecule has 0 aliphatic heterocycles. The van der Waals surface area contributed by atoms with E-state index in [1.807, 2.05) is 19.1 Å². The molecule has 0 heterocycles. The maximum Gasteiger partial charge on any atom is 0.310 e. The lowest BCUT2D eigenvalue weighted by Gasteiger charge is -2.17. The van der Waals surface area contributed by atoms with E-state index in [-0.39, 0.29) is 18.8 Å². The van der Waals surface area contributed by atoms with Gasteiger partial charge in [-0.05, 0) is 37.7 Å². The fourth-order valence-electron chi connectivity index (χ4n) is 2.73. The molecule has 1 aromatic carbocycles. The zero-order valence-corrected chi connectivity index (χ0v) is 10.9. The molecule has 1 saturated carbocycles. The molecule has 4 heteroatoms. The maximum atomic E-state index is 13.2. The first kappa shape index (κ1) is 14.0. The highest BCUT2D eigenvalue weighted by Crippen LogP contribution is 2.37. The second-order valence-electron chi connectivity index (χ2n) is 5.41. The lowest BCUT2D eigenvalue weighted by atomic mass is 9.87. The van der Waals surface area contributed by atoms with Gasteiger partial charge in [0.2, 0.25) is 0 Å².